The maximum atomic E-state index is 13.4. The summed E-state index contributed by atoms with van der Waals surface area (Å²) in [4.78, 5) is 32.2. The van der Waals surface area contributed by atoms with Crippen LogP contribution < -0.4 is 19.6 Å². The average molecular weight is 467 g/mol. The number of fused-ring (bicyclic) bond motifs is 1. The maximum Gasteiger partial charge on any atom is 0.338 e. The first-order valence-electron chi connectivity index (χ1n) is 10.1. The molecule has 2 aromatic heterocycles. The fourth-order valence-corrected chi connectivity index (χ4v) is 5.34. The molecule has 1 aliphatic heterocycles. The minimum Gasteiger partial charge on any atom is -0.490 e. The van der Waals surface area contributed by atoms with Crippen molar-refractivity contribution in [1.82, 2.24) is 4.57 Å². The number of thiophene rings is 1. The van der Waals surface area contributed by atoms with Crippen LogP contribution in [-0.4, -0.2) is 23.8 Å². The van der Waals surface area contributed by atoms with Gasteiger partial charge in [-0.25, -0.2) is 9.79 Å². The van der Waals surface area contributed by atoms with Gasteiger partial charge >= 0.3 is 5.97 Å². The van der Waals surface area contributed by atoms with Crippen molar-refractivity contribution in [2.24, 2.45) is 4.99 Å². The van der Waals surface area contributed by atoms with Gasteiger partial charge in [0.2, 0.25) is 0 Å². The van der Waals surface area contributed by atoms with E-state index in [9.17, 15) is 9.59 Å². The highest BCUT2D eigenvalue weighted by Crippen LogP contribution is 2.33. The van der Waals surface area contributed by atoms with Gasteiger partial charge in [-0.2, -0.15) is 0 Å². The molecule has 4 rings (SSSR count). The fourth-order valence-electron chi connectivity index (χ4n) is 3.47. The van der Waals surface area contributed by atoms with E-state index in [4.69, 9.17) is 9.47 Å². The molecular formula is C24H22N2O4S2. The number of esters is 1. The zero-order valence-electron chi connectivity index (χ0n) is 17.7. The van der Waals surface area contributed by atoms with E-state index in [-0.39, 0.29) is 12.2 Å². The standard InChI is InChI=1S/C24H22N2O4S2/c1-4-12-30-17-10-8-16(9-11-17)14-19-22(27)26-21(18-7-6-13-31-18)20(23(28)29-5-2)15(3)25-24(26)32-19/h4,6-11,13-14,21H,1,5,12H2,2-3H3/b19-14-. The molecule has 0 aliphatic carbocycles. The zero-order chi connectivity index (χ0) is 22.7. The maximum absolute atomic E-state index is 13.4. The Labute approximate surface area is 193 Å². The van der Waals surface area contributed by atoms with E-state index in [0.29, 0.717) is 27.2 Å². The second kappa shape index (κ2) is 9.50. The molecule has 8 heteroatoms. The minimum atomic E-state index is -0.554. The van der Waals surface area contributed by atoms with Crippen LogP contribution in [0.1, 0.15) is 30.3 Å². The van der Waals surface area contributed by atoms with Crippen molar-refractivity contribution >= 4 is 34.7 Å². The van der Waals surface area contributed by atoms with E-state index in [0.717, 1.165) is 16.2 Å². The number of nitrogens with zero attached hydrogens (tertiary/aromatic N) is 2. The van der Waals surface area contributed by atoms with Gasteiger partial charge < -0.3 is 9.47 Å². The smallest absolute Gasteiger partial charge is 0.338 e. The monoisotopic (exact) mass is 466 g/mol. The second-order valence-electron chi connectivity index (χ2n) is 6.99. The first-order valence-corrected chi connectivity index (χ1v) is 11.8. The van der Waals surface area contributed by atoms with Crippen LogP contribution in [0.15, 0.2) is 75.5 Å². The van der Waals surface area contributed by atoms with Crippen molar-refractivity contribution in [3.8, 4) is 5.75 Å². The normalized spacial score (nSPS) is 15.8. The van der Waals surface area contributed by atoms with Crippen molar-refractivity contribution in [1.29, 1.82) is 0 Å². The molecule has 1 aromatic carbocycles. The average Bonchev–Trinajstić information content (AvgIpc) is 3.41. The molecule has 0 spiro atoms. The van der Waals surface area contributed by atoms with Gasteiger partial charge in [0.1, 0.15) is 18.4 Å². The summed E-state index contributed by atoms with van der Waals surface area (Å²) in [7, 11) is 0. The van der Waals surface area contributed by atoms with Crippen molar-refractivity contribution in [3.63, 3.8) is 0 Å². The molecule has 32 heavy (non-hydrogen) atoms. The summed E-state index contributed by atoms with van der Waals surface area (Å²) in [5.41, 5.74) is 1.65. The number of benzene rings is 1. The third-order valence-corrected chi connectivity index (χ3v) is 6.78. The summed E-state index contributed by atoms with van der Waals surface area (Å²) in [6.07, 6.45) is 3.52. The predicted molar refractivity (Wildman–Crippen MR) is 127 cm³/mol. The molecule has 6 nitrogen and oxygen atoms in total. The fraction of sp³-hybridized carbons (Fsp3) is 0.208. The van der Waals surface area contributed by atoms with Crippen molar-refractivity contribution in [2.45, 2.75) is 19.9 Å². The molecule has 0 radical (unpaired) electrons. The molecule has 1 unspecified atom stereocenters. The van der Waals surface area contributed by atoms with Gasteiger partial charge in [0.05, 0.1) is 22.4 Å². The summed E-state index contributed by atoms with van der Waals surface area (Å²) >= 11 is 2.80. The van der Waals surface area contributed by atoms with Crippen LogP contribution in [0.4, 0.5) is 0 Å². The van der Waals surface area contributed by atoms with Crippen LogP contribution in [0, 0.1) is 0 Å². The lowest BCUT2D eigenvalue weighted by Gasteiger charge is -2.23. The van der Waals surface area contributed by atoms with Crippen LogP contribution in [0.3, 0.4) is 0 Å². The minimum absolute atomic E-state index is 0.187. The van der Waals surface area contributed by atoms with Gasteiger partial charge in [-0.15, -0.1) is 11.3 Å². The van der Waals surface area contributed by atoms with Crippen molar-refractivity contribution in [2.75, 3.05) is 13.2 Å². The Morgan fingerprint density at radius 3 is 2.72 bits per heavy atom. The molecule has 3 aromatic rings. The van der Waals surface area contributed by atoms with Gasteiger partial charge in [-0.05, 0) is 49.1 Å². The topological polar surface area (TPSA) is 69.9 Å². The summed E-state index contributed by atoms with van der Waals surface area (Å²) in [6.45, 7) is 7.87. The largest absolute Gasteiger partial charge is 0.490 e. The van der Waals surface area contributed by atoms with E-state index >= 15 is 0 Å². The number of thiazole rings is 1. The summed E-state index contributed by atoms with van der Waals surface area (Å²) in [5, 5.41) is 1.93. The van der Waals surface area contributed by atoms with E-state index < -0.39 is 12.0 Å². The lowest BCUT2D eigenvalue weighted by atomic mass is 10.0. The second-order valence-corrected chi connectivity index (χ2v) is 8.97. The first-order chi connectivity index (χ1) is 15.5. The molecule has 0 fully saturated rings. The van der Waals surface area contributed by atoms with Gasteiger partial charge in [0.25, 0.3) is 5.56 Å². The Morgan fingerprint density at radius 1 is 1.28 bits per heavy atom. The number of hydrogen-bond donors (Lipinski definition) is 0. The number of rotatable bonds is 7. The molecule has 1 aliphatic rings. The van der Waals surface area contributed by atoms with Gasteiger partial charge in [0.15, 0.2) is 4.80 Å². The third-order valence-electron chi connectivity index (χ3n) is 4.88. The summed E-state index contributed by atoms with van der Waals surface area (Å²) in [5.74, 6) is 0.285. The van der Waals surface area contributed by atoms with Crippen LogP contribution in [0.25, 0.3) is 6.08 Å². The highest BCUT2D eigenvalue weighted by Gasteiger charge is 2.33. The van der Waals surface area contributed by atoms with Gasteiger partial charge in [-0.1, -0.05) is 42.2 Å². The van der Waals surface area contributed by atoms with Crippen LogP contribution in [0.2, 0.25) is 0 Å². The van der Waals surface area contributed by atoms with E-state index in [1.54, 1.807) is 24.5 Å². The Bertz CT molecular complexity index is 1350. The number of hydrogen-bond acceptors (Lipinski definition) is 7. The first kappa shape index (κ1) is 22.0. The van der Waals surface area contributed by atoms with Crippen LogP contribution in [-0.2, 0) is 9.53 Å². The number of allylic oxidation sites excluding steroid dienone is 1. The molecule has 1 atom stereocenters. The molecule has 0 bridgehead atoms. The van der Waals surface area contributed by atoms with E-state index in [1.165, 1.54) is 22.7 Å². The van der Waals surface area contributed by atoms with Gasteiger partial charge in [-0.3, -0.25) is 9.36 Å². The number of aromatic nitrogens is 1. The van der Waals surface area contributed by atoms with E-state index in [1.807, 2.05) is 47.9 Å². The zero-order valence-corrected chi connectivity index (χ0v) is 19.4. The van der Waals surface area contributed by atoms with Crippen molar-refractivity contribution in [3.05, 3.63) is 95.8 Å². The molecule has 0 N–H and O–H groups in total. The number of carbonyl (C=O) groups excluding carboxylic acids is 1. The lowest BCUT2D eigenvalue weighted by Crippen LogP contribution is -2.39. The quantitative estimate of drug-likeness (QED) is 0.395. The Morgan fingerprint density at radius 2 is 2.06 bits per heavy atom. The molecule has 0 saturated carbocycles. The highest BCUT2D eigenvalue weighted by atomic mass is 32.1. The summed E-state index contributed by atoms with van der Waals surface area (Å²) < 4.78 is 12.9. The van der Waals surface area contributed by atoms with E-state index in [2.05, 4.69) is 11.6 Å². The SMILES string of the molecule is C=CCOc1ccc(/C=c2\sc3n(c2=O)C(c2cccs2)C(C(=O)OCC)=C(C)N=3)cc1. The summed E-state index contributed by atoms with van der Waals surface area (Å²) in [6, 6.07) is 10.8. The highest BCUT2D eigenvalue weighted by molar-refractivity contribution is 7.10. The number of ether oxygens (including phenoxy) is 2. The molecule has 3 heterocycles. The Balaban J connectivity index is 1.81. The van der Waals surface area contributed by atoms with Crippen LogP contribution >= 0.6 is 22.7 Å². The lowest BCUT2D eigenvalue weighted by molar-refractivity contribution is -0.139. The third kappa shape index (κ3) is 4.24. The number of carbonyl (C=O) groups is 1. The van der Waals surface area contributed by atoms with Crippen molar-refractivity contribution < 1.29 is 14.3 Å². The van der Waals surface area contributed by atoms with Crippen LogP contribution in [0.5, 0.6) is 5.75 Å². The molecule has 0 saturated heterocycles. The predicted octanol–water partition coefficient (Wildman–Crippen LogP) is 3.42. The van der Waals surface area contributed by atoms with Gasteiger partial charge in [0, 0.05) is 4.88 Å². The molecule has 0 amide bonds. The Hall–Kier alpha value is -3.23. The Kier molecular flexibility index (Phi) is 6.53. The molecule has 164 valence electrons. The molecular weight excluding hydrogens is 444 g/mol.